The van der Waals surface area contributed by atoms with Crippen molar-refractivity contribution in [2.75, 3.05) is 5.73 Å². The molecule has 0 saturated heterocycles. The van der Waals surface area contributed by atoms with Gasteiger partial charge in [-0.05, 0) is 12.3 Å². The molecule has 4 heteroatoms. The summed E-state index contributed by atoms with van der Waals surface area (Å²) in [6.45, 7) is 6.27. The lowest BCUT2D eigenvalue weighted by Crippen LogP contribution is -2.09. The molecule has 0 radical (unpaired) electrons. The fourth-order valence-electron chi connectivity index (χ4n) is 1.87. The molecule has 1 rings (SSSR count). The molecule has 0 saturated carbocycles. The average molecular weight is 213 g/mol. The molecule has 0 fully saturated rings. The molecule has 0 aliphatic heterocycles. The molecule has 2 N–H and O–H groups in total. The van der Waals surface area contributed by atoms with Gasteiger partial charge in [0.05, 0.1) is 0 Å². The van der Waals surface area contributed by atoms with Gasteiger partial charge in [-0.1, -0.05) is 27.2 Å². The minimum Gasteiger partial charge on any atom is -0.381 e. The highest BCUT2D eigenvalue weighted by Gasteiger charge is 2.24. The van der Waals surface area contributed by atoms with Gasteiger partial charge in [0.1, 0.15) is 5.69 Å². The lowest BCUT2D eigenvalue weighted by molar-refractivity contribution is 0.433. The molecule has 3 nitrogen and oxygen atoms in total. The molecule has 0 spiro atoms. The van der Waals surface area contributed by atoms with E-state index in [1.54, 1.807) is 7.05 Å². The zero-order chi connectivity index (χ0) is 11.6. The van der Waals surface area contributed by atoms with E-state index in [2.05, 4.69) is 25.9 Å². The van der Waals surface area contributed by atoms with Crippen molar-refractivity contribution in [2.45, 2.75) is 39.5 Å². The maximum Gasteiger partial charge on any atom is 0.188 e. The van der Waals surface area contributed by atoms with Crippen LogP contribution in [-0.4, -0.2) is 9.78 Å². The van der Waals surface area contributed by atoms with E-state index in [-0.39, 0.29) is 17.6 Å². The summed E-state index contributed by atoms with van der Waals surface area (Å²) in [6, 6.07) is 0. The highest BCUT2D eigenvalue weighted by molar-refractivity contribution is 5.35. The highest BCUT2D eigenvalue weighted by Crippen LogP contribution is 2.31. The smallest absolute Gasteiger partial charge is 0.188 e. The first-order valence-electron chi connectivity index (χ1n) is 5.46. The minimum atomic E-state index is -0.343. The Morgan fingerprint density at radius 1 is 1.47 bits per heavy atom. The zero-order valence-electron chi connectivity index (χ0n) is 9.92. The Morgan fingerprint density at radius 3 is 2.40 bits per heavy atom. The molecule has 15 heavy (non-hydrogen) atoms. The molecule has 0 aromatic carbocycles. The van der Waals surface area contributed by atoms with Crippen molar-refractivity contribution in [3.63, 3.8) is 0 Å². The predicted octanol–water partition coefficient (Wildman–Crippen LogP) is 2.68. The van der Waals surface area contributed by atoms with Crippen LogP contribution in [0.4, 0.5) is 10.2 Å². The summed E-state index contributed by atoms with van der Waals surface area (Å²) in [6.07, 6.45) is 1.98. The molecule has 1 aromatic rings. The van der Waals surface area contributed by atoms with Crippen LogP contribution in [0.1, 0.15) is 45.2 Å². The number of aryl methyl sites for hydroxylation is 1. The first-order valence-corrected chi connectivity index (χ1v) is 5.46. The van der Waals surface area contributed by atoms with Crippen LogP contribution >= 0.6 is 0 Å². The number of anilines is 1. The van der Waals surface area contributed by atoms with E-state index in [1.807, 2.05) is 0 Å². The SMILES string of the molecule is CCCC(c1nn(C)c(N)c1F)C(C)C. The summed E-state index contributed by atoms with van der Waals surface area (Å²) >= 11 is 0. The first kappa shape index (κ1) is 12.0. The van der Waals surface area contributed by atoms with E-state index >= 15 is 0 Å². The van der Waals surface area contributed by atoms with Gasteiger partial charge in [-0.2, -0.15) is 5.10 Å². The van der Waals surface area contributed by atoms with Gasteiger partial charge in [0.15, 0.2) is 11.6 Å². The van der Waals surface area contributed by atoms with Crippen LogP contribution in [0, 0.1) is 11.7 Å². The molecule has 1 atom stereocenters. The fourth-order valence-corrected chi connectivity index (χ4v) is 1.87. The van der Waals surface area contributed by atoms with E-state index < -0.39 is 0 Å². The Morgan fingerprint density at radius 2 is 2.07 bits per heavy atom. The normalized spacial score (nSPS) is 13.5. The largest absolute Gasteiger partial charge is 0.381 e. The van der Waals surface area contributed by atoms with Crippen LogP contribution in [0.3, 0.4) is 0 Å². The lowest BCUT2D eigenvalue weighted by Gasteiger charge is -2.17. The third kappa shape index (κ3) is 2.30. The second kappa shape index (κ2) is 4.64. The van der Waals surface area contributed by atoms with Crippen molar-refractivity contribution >= 4 is 5.82 Å². The number of halogens is 1. The second-order valence-electron chi connectivity index (χ2n) is 4.35. The van der Waals surface area contributed by atoms with Gasteiger partial charge in [0.2, 0.25) is 0 Å². The average Bonchev–Trinajstić information content (AvgIpc) is 2.42. The van der Waals surface area contributed by atoms with Crippen molar-refractivity contribution in [3.8, 4) is 0 Å². The molecule has 1 unspecified atom stereocenters. The molecule has 0 aliphatic carbocycles. The Hall–Kier alpha value is -1.06. The van der Waals surface area contributed by atoms with Crippen LogP contribution in [0.25, 0.3) is 0 Å². The number of nitrogens with two attached hydrogens (primary N) is 1. The number of nitrogen functional groups attached to an aromatic ring is 1. The van der Waals surface area contributed by atoms with Crippen molar-refractivity contribution in [1.82, 2.24) is 9.78 Å². The summed E-state index contributed by atoms with van der Waals surface area (Å²) in [5.74, 6) is 0.337. The molecule has 1 aromatic heterocycles. The molecule has 86 valence electrons. The van der Waals surface area contributed by atoms with Crippen molar-refractivity contribution in [1.29, 1.82) is 0 Å². The number of rotatable bonds is 4. The summed E-state index contributed by atoms with van der Waals surface area (Å²) in [7, 11) is 1.67. The second-order valence-corrected chi connectivity index (χ2v) is 4.35. The minimum absolute atomic E-state index is 0.131. The molecule has 1 heterocycles. The summed E-state index contributed by atoms with van der Waals surface area (Å²) in [4.78, 5) is 0. The van der Waals surface area contributed by atoms with Crippen molar-refractivity contribution in [2.24, 2.45) is 13.0 Å². The van der Waals surface area contributed by atoms with Crippen LogP contribution < -0.4 is 5.73 Å². The van der Waals surface area contributed by atoms with Gasteiger partial charge < -0.3 is 5.73 Å². The zero-order valence-corrected chi connectivity index (χ0v) is 9.92. The molecule has 0 aliphatic rings. The predicted molar refractivity (Wildman–Crippen MR) is 60.1 cm³/mol. The lowest BCUT2D eigenvalue weighted by atomic mass is 9.88. The van der Waals surface area contributed by atoms with E-state index in [0.717, 1.165) is 12.8 Å². The third-order valence-corrected chi connectivity index (χ3v) is 2.81. The Balaban J connectivity index is 3.05. The van der Waals surface area contributed by atoms with Gasteiger partial charge in [0.25, 0.3) is 0 Å². The van der Waals surface area contributed by atoms with Crippen LogP contribution in [0.5, 0.6) is 0 Å². The van der Waals surface area contributed by atoms with Gasteiger partial charge in [0, 0.05) is 13.0 Å². The molecule has 0 bridgehead atoms. The maximum atomic E-state index is 13.7. The van der Waals surface area contributed by atoms with E-state index in [4.69, 9.17) is 5.73 Å². The molecular formula is C11H20FN3. The van der Waals surface area contributed by atoms with Crippen molar-refractivity contribution < 1.29 is 4.39 Å². The van der Waals surface area contributed by atoms with Crippen LogP contribution in [-0.2, 0) is 7.05 Å². The highest BCUT2D eigenvalue weighted by atomic mass is 19.1. The molecular weight excluding hydrogens is 193 g/mol. The number of hydrogen-bond donors (Lipinski definition) is 1. The first-order chi connectivity index (χ1) is 6.99. The number of aromatic nitrogens is 2. The number of nitrogens with zero attached hydrogens (tertiary/aromatic N) is 2. The van der Waals surface area contributed by atoms with E-state index in [9.17, 15) is 4.39 Å². The Bertz CT molecular complexity index is 331. The van der Waals surface area contributed by atoms with Gasteiger partial charge >= 0.3 is 0 Å². The summed E-state index contributed by atoms with van der Waals surface area (Å²) < 4.78 is 15.2. The maximum absolute atomic E-state index is 13.7. The molecule has 0 amide bonds. The Kier molecular flexibility index (Phi) is 3.72. The quantitative estimate of drug-likeness (QED) is 0.835. The van der Waals surface area contributed by atoms with Gasteiger partial charge in [-0.3, -0.25) is 4.68 Å². The van der Waals surface area contributed by atoms with Gasteiger partial charge in [-0.25, -0.2) is 4.39 Å². The van der Waals surface area contributed by atoms with Crippen LogP contribution in [0.15, 0.2) is 0 Å². The van der Waals surface area contributed by atoms with Gasteiger partial charge in [-0.15, -0.1) is 0 Å². The fraction of sp³-hybridized carbons (Fsp3) is 0.727. The number of hydrogen-bond acceptors (Lipinski definition) is 2. The van der Waals surface area contributed by atoms with Crippen LogP contribution in [0.2, 0.25) is 0 Å². The van der Waals surface area contributed by atoms with E-state index in [1.165, 1.54) is 4.68 Å². The topological polar surface area (TPSA) is 43.8 Å². The van der Waals surface area contributed by atoms with Crippen molar-refractivity contribution in [3.05, 3.63) is 11.5 Å². The monoisotopic (exact) mass is 213 g/mol. The van der Waals surface area contributed by atoms with E-state index in [0.29, 0.717) is 11.6 Å². The summed E-state index contributed by atoms with van der Waals surface area (Å²) in [5.41, 5.74) is 6.08. The Labute approximate surface area is 90.5 Å². The summed E-state index contributed by atoms with van der Waals surface area (Å²) in [5, 5.41) is 4.17. The third-order valence-electron chi connectivity index (χ3n) is 2.81. The standard InChI is InChI=1S/C11H20FN3/c1-5-6-8(7(2)3)10-9(12)11(13)15(4)14-10/h7-8H,5-6,13H2,1-4H3.